The van der Waals surface area contributed by atoms with Crippen LogP contribution in [0.4, 0.5) is 0 Å². The summed E-state index contributed by atoms with van der Waals surface area (Å²) in [7, 11) is 0. The first-order valence-corrected chi connectivity index (χ1v) is 8.11. The maximum absolute atomic E-state index is 9.86. The lowest BCUT2D eigenvalue weighted by Gasteiger charge is -2.31. The molecule has 1 aromatic rings. The molecule has 2 aliphatic carbocycles. The maximum atomic E-state index is 9.86. The molecule has 0 radical (unpaired) electrons. The number of hydrogen-bond donors (Lipinski definition) is 1. The van der Waals surface area contributed by atoms with Gasteiger partial charge in [0.1, 0.15) is 0 Å². The Morgan fingerprint density at radius 1 is 1.22 bits per heavy atom. The number of aliphatic hydroxyl groups excluding tert-OH is 1. The summed E-state index contributed by atoms with van der Waals surface area (Å²) in [5.74, 6) is 3.81. The third-order valence-electron chi connectivity index (χ3n) is 5.27. The van der Waals surface area contributed by atoms with Gasteiger partial charge < -0.3 is 5.11 Å². The zero-order valence-electron chi connectivity index (χ0n) is 10.6. The number of fused-ring (bicyclic) bond motifs is 2. The molecule has 1 nitrogen and oxygen atoms in total. The second kappa shape index (κ2) is 4.01. The molecule has 2 fully saturated rings. The molecule has 2 heteroatoms. The van der Waals surface area contributed by atoms with Gasteiger partial charge in [0, 0.05) is 17.3 Å². The molecule has 3 unspecified atom stereocenters. The van der Waals surface area contributed by atoms with Gasteiger partial charge in [-0.2, -0.15) is 0 Å². The molecule has 0 bridgehead atoms. The van der Waals surface area contributed by atoms with Gasteiger partial charge in [0.15, 0.2) is 0 Å². The Kier molecular flexibility index (Phi) is 2.53. The Morgan fingerprint density at radius 2 is 2.00 bits per heavy atom. The van der Waals surface area contributed by atoms with Gasteiger partial charge in [-0.25, -0.2) is 0 Å². The highest BCUT2D eigenvalue weighted by Crippen LogP contribution is 2.62. The van der Waals surface area contributed by atoms with Crippen molar-refractivity contribution < 1.29 is 5.11 Å². The third-order valence-corrected chi connectivity index (χ3v) is 6.52. The second-order valence-corrected chi connectivity index (χ2v) is 7.63. The molecule has 1 aliphatic heterocycles. The molecule has 1 aromatic carbocycles. The fourth-order valence-electron chi connectivity index (χ4n) is 4.29. The number of thioether (sulfide) groups is 1. The minimum absolute atomic E-state index is 0.260. The summed E-state index contributed by atoms with van der Waals surface area (Å²) in [6.07, 6.45) is 5.23. The summed E-state index contributed by atoms with van der Waals surface area (Å²) in [6.45, 7) is 0.406. The van der Waals surface area contributed by atoms with E-state index in [1.807, 2.05) is 11.8 Å². The van der Waals surface area contributed by atoms with Crippen LogP contribution in [-0.2, 0) is 0 Å². The minimum atomic E-state index is 0.260. The van der Waals surface area contributed by atoms with Crippen molar-refractivity contribution in [2.75, 3.05) is 12.4 Å². The van der Waals surface area contributed by atoms with E-state index < -0.39 is 0 Å². The van der Waals surface area contributed by atoms with Crippen LogP contribution in [0.15, 0.2) is 29.2 Å². The SMILES string of the molecule is OCC1(CC2CSc3ccccc32)CC2CC2C1. The van der Waals surface area contributed by atoms with Gasteiger partial charge in [-0.05, 0) is 60.5 Å². The summed E-state index contributed by atoms with van der Waals surface area (Å²) in [6, 6.07) is 8.84. The first-order valence-electron chi connectivity index (χ1n) is 7.12. The molecule has 0 aromatic heterocycles. The summed E-state index contributed by atoms with van der Waals surface area (Å²) >= 11 is 2.00. The van der Waals surface area contributed by atoms with Crippen LogP contribution in [0.5, 0.6) is 0 Å². The lowest BCUT2D eigenvalue weighted by Crippen LogP contribution is -2.26. The van der Waals surface area contributed by atoms with Crippen LogP contribution in [0.3, 0.4) is 0 Å². The van der Waals surface area contributed by atoms with Gasteiger partial charge in [-0.1, -0.05) is 18.2 Å². The highest BCUT2D eigenvalue weighted by Gasteiger charge is 2.54. The van der Waals surface area contributed by atoms with E-state index in [9.17, 15) is 5.11 Å². The van der Waals surface area contributed by atoms with E-state index in [0.717, 1.165) is 11.8 Å². The number of rotatable bonds is 3. The Labute approximate surface area is 113 Å². The molecule has 0 spiro atoms. The summed E-state index contributed by atoms with van der Waals surface area (Å²) in [4.78, 5) is 1.47. The third kappa shape index (κ3) is 1.73. The van der Waals surface area contributed by atoms with Crippen molar-refractivity contribution in [3.8, 4) is 0 Å². The lowest BCUT2D eigenvalue weighted by molar-refractivity contribution is 0.101. The van der Waals surface area contributed by atoms with Crippen molar-refractivity contribution in [2.45, 2.75) is 36.5 Å². The Morgan fingerprint density at radius 3 is 2.78 bits per heavy atom. The van der Waals surface area contributed by atoms with Crippen molar-refractivity contribution >= 4 is 11.8 Å². The summed E-state index contributed by atoms with van der Waals surface area (Å²) in [5, 5.41) is 9.86. The van der Waals surface area contributed by atoms with Crippen LogP contribution in [-0.4, -0.2) is 17.5 Å². The Hall–Kier alpha value is -0.470. The fourth-order valence-corrected chi connectivity index (χ4v) is 5.54. The van der Waals surface area contributed by atoms with E-state index in [1.54, 1.807) is 0 Å². The molecule has 3 aliphatic rings. The van der Waals surface area contributed by atoms with Crippen LogP contribution < -0.4 is 0 Å². The fraction of sp³-hybridized carbons (Fsp3) is 0.625. The van der Waals surface area contributed by atoms with Gasteiger partial charge in [0.2, 0.25) is 0 Å². The molecule has 1 N–H and O–H groups in total. The van der Waals surface area contributed by atoms with Crippen LogP contribution in [0.1, 0.15) is 37.2 Å². The smallest absolute Gasteiger partial charge is 0.0487 e. The molecule has 3 atom stereocenters. The zero-order chi connectivity index (χ0) is 12.2. The summed E-state index contributed by atoms with van der Waals surface area (Å²) < 4.78 is 0. The average molecular weight is 260 g/mol. The van der Waals surface area contributed by atoms with Crippen molar-refractivity contribution in [3.05, 3.63) is 29.8 Å². The van der Waals surface area contributed by atoms with Gasteiger partial charge in [-0.15, -0.1) is 11.8 Å². The normalized spacial score (nSPS) is 40.6. The minimum Gasteiger partial charge on any atom is -0.396 e. The predicted molar refractivity (Wildman–Crippen MR) is 74.9 cm³/mol. The monoisotopic (exact) mass is 260 g/mol. The van der Waals surface area contributed by atoms with Crippen LogP contribution >= 0.6 is 11.8 Å². The first kappa shape index (κ1) is 11.4. The molecule has 2 saturated carbocycles. The zero-order valence-corrected chi connectivity index (χ0v) is 11.5. The number of aliphatic hydroxyl groups is 1. The van der Waals surface area contributed by atoms with Gasteiger partial charge in [-0.3, -0.25) is 0 Å². The van der Waals surface area contributed by atoms with Crippen molar-refractivity contribution in [2.24, 2.45) is 17.3 Å². The second-order valence-electron chi connectivity index (χ2n) is 6.57. The molecule has 0 saturated heterocycles. The highest BCUT2D eigenvalue weighted by molar-refractivity contribution is 7.99. The van der Waals surface area contributed by atoms with Crippen molar-refractivity contribution in [1.82, 2.24) is 0 Å². The first-order chi connectivity index (χ1) is 8.80. The molecular weight excluding hydrogens is 240 g/mol. The molecule has 1 heterocycles. The van der Waals surface area contributed by atoms with E-state index in [4.69, 9.17) is 0 Å². The van der Waals surface area contributed by atoms with E-state index in [2.05, 4.69) is 24.3 Å². The highest BCUT2D eigenvalue weighted by atomic mass is 32.2. The van der Waals surface area contributed by atoms with Crippen molar-refractivity contribution in [1.29, 1.82) is 0 Å². The predicted octanol–water partition coefficient (Wildman–Crippen LogP) is 3.67. The van der Waals surface area contributed by atoms with E-state index in [0.29, 0.717) is 12.5 Å². The largest absolute Gasteiger partial charge is 0.396 e. The summed E-state index contributed by atoms with van der Waals surface area (Å²) in [5.41, 5.74) is 1.80. The van der Waals surface area contributed by atoms with Gasteiger partial charge in [0.25, 0.3) is 0 Å². The number of benzene rings is 1. The molecule has 4 rings (SSSR count). The Balaban J connectivity index is 1.55. The van der Waals surface area contributed by atoms with E-state index in [-0.39, 0.29) is 5.41 Å². The quantitative estimate of drug-likeness (QED) is 0.894. The topological polar surface area (TPSA) is 20.2 Å². The standard InChI is InChI=1S/C16H20OS/c17-10-16(6-11-5-12(11)7-16)8-13-9-18-15-4-2-1-3-14(13)15/h1-4,11-13,17H,5-10H2. The molecule has 18 heavy (non-hydrogen) atoms. The average Bonchev–Trinajstić information content (AvgIpc) is 2.86. The Bertz CT molecular complexity index is 460. The van der Waals surface area contributed by atoms with Gasteiger partial charge in [0.05, 0.1) is 0 Å². The maximum Gasteiger partial charge on any atom is 0.0487 e. The molecule has 96 valence electrons. The van der Waals surface area contributed by atoms with E-state index in [1.165, 1.54) is 41.9 Å². The van der Waals surface area contributed by atoms with Crippen LogP contribution in [0.25, 0.3) is 0 Å². The van der Waals surface area contributed by atoms with Gasteiger partial charge >= 0.3 is 0 Å². The molecule has 0 amide bonds. The lowest BCUT2D eigenvalue weighted by atomic mass is 9.75. The number of hydrogen-bond acceptors (Lipinski definition) is 2. The van der Waals surface area contributed by atoms with Crippen LogP contribution in [0.2, 0.25) is 0 Å². The molecular formula is C16H20OS. The van der Waals surface area contributed by atoms with E-state index >= 15 is 0 Å². The van der Waals surface area contributed by atoms with Crippen LogP contribution in [0, 0.1) is 17.3 Å². The van der Waals surface area contributed by atoms with Crippen molar-refractivity contribution in [3.63, 3.8) is 0 Å².